The van der Waals surface area contributed by atoms with E-state index in [0.29, 0.717) is 0 Å². The first-order valence-electron chi connectivity index (χ1n) is 8.74. The van der Waals surface area contributed by atoms with Gasteiger partial charge in [-0.3, -0.25) is 9.80 Å². The fourth-order valence-electron chi connectivity index (χ4n) is 3.53. The van der Waals surface area contributed by atoms with Crippen LogP contribution in [0.4, 0.5) is 5.82 Å². The summed E-state index contributed by atoms with van der Waals surface area (Å²) in [4.78, 5) is 11.0. The van der Waals surface area contributed by atoms with Crippen LogP contribution in [0.5, 0.6) is 0 Å². The molecule has 2 N–H and O–H groups in total. The van der Waals surface area contributed by atoms with Gasteiger partial charge in [-0.05, 0) is 44.4 Å². The van der Waals surface area contributed by atoms with Crippen molar-refractivity contribution in [3.05, 3.63) is 24.4 Å². The van der Waals surface area contributed by atoms with E-state index in [2.05, 4.69) is 20.9 Å². The van der Waals surface area contributed by atoms with Crippen molar-refractivity contribution in [1.82, 2.24) is 14.8 Å². The van der Waals surface area contributed by atoms with Crippen molar-refractivity contribution in [3.63, 3.8) is 0 Å². The molecule has 128 valence electrons. The highest BCUT2D eigenvalue weighted by molar-refractivity contribution is 5.38. The highest BCUT2D eigenvalue weighted by Crippen LogP contribution is 2.20. The van der Waals surface area contributed by atoms with Gasteiger partial charge in [0.15, 0.2) is 0 Å². The first-order valence-corrected chi connectivity index (χ1v) is 8.74. The molecular weight excluding hydrogens is 292 g/mol. The number of nitrogens with zero attached hydrogens (tertiary/aromatic N) is 4. The van der Waals surface area contributed by atoms with E-state index < -0.39 is 12.5 Å². The van der Waals surface area contributed by atoms with E-state index >= 15 is 0 Å². The van der Waals surface area contributed by atoms with Crippen molar-refractivity contribution < 1.29 is 10.2 Å². The second kappa shape index (κ2) is 8.06. The van der Waals surface area contributed by atoms with Crippen molar-refractivity contribution in [3.8, 4) is 0 Å². The molecule has 1 aromatic rings. The first-order chi connectivity index (χ1) is 11.2. The van der Waals surface area contributed by atoms with Gasteiger partial charge in [0.25, 0.3) is 0 Å². The Balaban J connectivity index is 1.38. The molecule has 0 bridgehead atoms. The molecule has 0 amide bonds. The Labute approximate surface area is 138 Å². The first kappa shape index (κ1) is 16.6. The van der Waals surface area contributed by atoms with Crippen LogP contribution in [0.2, 0.25) is 0 Å². The Morgan fingerprint density at radius 3 is 2.39 bits per heavy atom. The zero-order chi connectivity index (χ0) is 16.1. The van der Waals surface area contributed by atoms with E-state index in [1.54, 1.807) is 0 Å². The minimum atomic E-state index is -0.472. The molecule has 0 saturated carbocycles. The van der Waals surface area contributed by atoms with E-state index in [4.69, 9.17) is 0 Å². The molecular formula is C17H28N4O2. The third kappa shape index (κ3) is 4.41. The molecule has 2 fully saturated rings. The summed E-state index contributed by atoms with van der Waals surface area (Å²) in [7, 11) is 0. The molecule has 23 heavy (non-hydrogen) atoms. The van der Waals surface area contributed by atoms with E-state index in [-0.39, 0.29) is 0 Å². The molecule has 2 aliphatic rings. The molecule has 3 heterocycles. The SMILES string of the molecule is OC1CCCC(O)N1CCCN1CCN(c2ccccn2)CC1. The molecule has 2 atom stereocenters. The summed E-state index contributed by atoms with van der Waals surface area (Å²) in [6, 6.07) is 6.04. The van der Waals surface area contributed by atoms with Crippen molar-refractivity contribution in [2.24, 2.45) is 0 Å². The van der Waals surface area contributed by atoms with Crippen LogP contribution in [-0.2, 0) is 0 Å². The summed E-state index contributed by atoms with van der Waals surface area (Å²) in [6.07, 6.45) is 4.35. The fourth-order valence-corrected chi connectivity index (χ4v) is 3.53. The molecule has 6 nitrogen and oxygen atoms in total. The number of aliphatic hydroxyl groups excluding tert-OH is 2. The lowest BCUT2D eigenvalue weighted by Gasteiger charge is -2.38. The number of piperazine rings is 1. The van der Waals surface area contributed by atoms with Crippen LogP contribution in [0.3, 0.4) is 0 Å². The van der Waals surface area contributed by atoms with Crippen molar-refractivity contribution in [2.75, 3.05) is 44.2 Å². The Kier molecular flexibility index (Phi) is 5.83. The van der Waals surface area contributed by atoms with Crippen LogP contribution in [0.15, 0.2) is 24.4 Å². The zero-order valence-electron chi connectivity index (χ0n) is 13.7. The van der Waals surface area contributed by atoms with Crippen LogP contribution in [0, 0.1) is 0 Å². The molecule has 2 saturated heterocycles. The van der Waals surface area contributed by atoms with Crippen LogP contribution < -0.4 is 4.90 Å². The van der Waals surface area contributed by atoms with Gasteiger partial charge in [0.2, 0.25) is 0 Å². The zero-order valence-corrected chi connectivity index (χ0v) is 13.7. The summed E-state index contributed by atoms with van der Waals surface area (Å²) in [5, 5.41) is 20.0. The van der Waals surface area contributed by atoms with Gasteiger partial charge in [-0.15, -0.1) is 0 Å². The van der Waals surface area contributed by atoms with Gasteiger partial charge in [-0.1, -0.05) is 6.07 Å². The summed E-state index contributed by atoms with van der Waals surface area (Å²) in [5.74, 6) is 1.06. The average molecular weight is 320 g/mol. The summed E-state index contributed by atoms with van der Waals surface area (Å²) < 4.78 is 0. The lowest BCUT2D eigenvalue weighted by molar-refractivity contribution is -0.131. The maximum absolute atomic E-state index is 9.98. The number of piperidine rings is 1. The molecule has 0 spiro atoms. The van der Waals surface area contributed by atoms with Crippen LogP contribution in [0.25, 0.3) is 0 Å². The number of hydrogen-bond acceptors (Lipinski definition) is 6. The van der Waals surface area contributed by atoms with Gasteiger partial charge >= 0.3 is 0 Å². The Bertz CT molecular complexity index is 455. The minimum absolute atomic E-state index is 0.472. The molecule has 6 heteroatoms. The number of rotatable bonds is 5. The van der Waals surface area contributed by atoms with Gasteiger partial charge in [0.1, 0.15) is 18.3 Å². The third-order valence-electron chi connectivity index (χ3n) is 4.93. The standard InChI is InChI=1S/C17H28N4O2/c22-16-6-3-7-17(23)21(16)10-4-9-19-11-13-20(14-12-19)15-5-1-2-8-18-15/h1-2,5,8,16-17,22-23H,3-4,6-7,9-14H2. The lowest BCUT2D eigenvalue weighted by Crippen LogP contribution is -2.49. The van der Waals surface area contributed by atoms with E-state index in [9.17, 15) is 10.2 Å². The molecule has 2 unspecified atom stereocenters. The Hall–Kier alpha value is -1.21. The molecule has 1 aromatic heterocycles. The smallest absolute Gasteiger partial charge is 0.128 e. The highest BCUT2D eigenvalue weighted by atomic mass is 16.3. The predicted molar refractivity (Wildman–Crippen MR) is 90.1 cm³/mol. The van der Waals surface area contributed by atoms with E-state index in [1.165, 1.54) is 0 Å². The van der Waals surface area contributed by atoms with E-state index in [0.717, 1.165) is 70.8 Å². The van der Waals surface area contributed by atoms with Gasteiger partial charge in [-0.2, -0.15) is 0 Å². The number of anilines is 1. The topological polar surface area (TPSA) is 63.1 Å². The number of hydrogen-bond donors (Lipinski definition) is 2. The number of pyridine rings is 1. The summed E-state index contributed by atoms with van der Waals surface area (Å²) in [6.45, 7) is 5.89. The Morgan fingerprint density at radius 1 is 1.00 bits per heavy atom. The lowest BCUT2D eigenvalue weighted by atomic mass is 10.1. The van der Waals surface area contributed by atoms with Crippen molar-refractivity contribution >= 4 is 5.82 Å². The fraction of sp³-hybridized carbons (Fsp3) is 0.706. The maximum Gasteiger partial charge on any atom is 0.128 e. The quantitative estimate of drug-likeness (QED) is 0.833. The molecule has 0 radical (unpaired) electrons. The maximum atomic E-state index is 9.98. The Morgan fingerprint density at radius 2 is 1.74 bits per heavy atom. The van der Waals surface area contributed by atoms with Gasteiger partial charge in [-0.25, -0.2) is 4.98 Å². The summed E-state index contributed by atoms with van der Waals surface area (Å²) >= 11 is 0. The average Bonchev–Trinajstić information content (AvgIpc) is 2.59. The highest BCUT2D eigenvalue weighted by Gasteiger charge is 2.27. The number of aliphatic hydroxyl groups is 2. The third-order valence-corrected chi connectivity index (χ3v) is 4.93. The predicted octanol–water partition coefficient (Wildman–Crippen LogP) is 0.716. The summed E-state index contributed by atoms with van der Waals surface area (Å²) in [5.41, 5.74) is 0. The number of aromatic nitrogens is 1. The second-order valence-electron chi connectivity index (χ2n) is 6.50. The van der Waals surface area contributed by atoms with Gasteiger partial charge < -0.3 is 15.1 Å². The van der Waals surface area contributed by atoms with E-state index in [1.807, 2.05) is 23.2 Å². The molecule has 0 aliphatic carbocycles. The van der Waals surface area contributed by atoms with Gasteiger partial charge in [0.05, 0.1) is 0 Å². The van der Waals surface area contributed by atoms with Crippen LogP contribution >= 0.6 is 0 Å². The largest absolute Gasteiger partial charge is 0.378 e. The monoisotopic (exact) mass is 320 g/mol. The van der Waals surface area contributed by atoms with Gasteiger partial charge in [0, 0.05) is 38.9 Å². The molecule has 3 rings (SSSR count). The van der Waals surface area contributed by atoms with Crippen molar-refractivity contribution in [2.45, 2.75) is 38.1 Å². The molecule has 0 aromatic carbocycles. The normalized spacial score (nSPS) is 27.3. The minimum Gasteiger partial charge on any atom is -0.378 e. The molecule has 2 aliphatic heterocycles. The second-order valence-corrected chi connectivity index (χ2v) is 6.50. The van der Waals surface area contributed by atoms with Crippen molar-refractivity contribution in [1.29, 1.82) is 0 Å². The van der Waals surface area contributed by atoms with Crippen LogP contribution in [0.1, 0.15) is 25.7 Å². The number of likely N-dealkylation sites (tertiary alicyclic amines) is 1. The van der Waals surface area contributed by atoms with Crippen LogP contribution in [-0.4, -0.2) is 76.7 Å².